The summed E-state index contributed by atoms with van der Waals surface area (Å²) in [5, 5.41) is 3.17. The second-order valence-electron chi connectivity index (χ2n) is 11.8. The molecule has 0 aliphatic heterocycles. The van der Waals surface area contributed by atoms with Crippen molar-refractivity contribution in [3.8, 4) is 28.1 Å². The van der Waals surface area contributed by atoms with Crippen LogP contribution in [0.2, 0.25) is 0 Å². The van der Waals surface area contributed by atoms with Gasteiger partial charge in [-0.25, -0.2) is 9.83 Å². The molecule has 0 amide bonds. The molecule has 0 fully saturated rings. The molecule has 4 heterocycles. The lowest BCUT2D eigenvalue weighted by atomic mass is 9.99. The maximum Gasteiger partial charge on any atom is 0.307 e. The van der Waals surface area contributed by atoms with Gasteiger partial charge in [0.2, 0.25) is 0 Å². The number of para-hydroxylation sites is 4. The smallest absolute Gasteiger partial charge is 0.307 e. The summed E-state index contributed by atoms with van der Waals surface area (Å²) in [5.74, 6) is 0.557. The van der Waals surface area contributed by atoms with Crippen LogP contribution in [-0.2, 0) is 0 Å². The number of fused-ring (bicyclic) bond motifs is 10. The summed E-state index contributed by atoms with van der Waals surface area (Å²) >= 11 is 0. The highest BCUT2D eigenvalue weighted by Crippen LogP contribution is 2.39. The van der Waals surface area contributed by atoms with Crippen molar-refractivity contribution in [1.29, 1.82) is 0 Å². The second-order valence-corrected chi connectivity index (χ2v) is 11.8. The van der Waals surface area contributed by atoms with E-state index in [0.29, 0.717) is 11.5 Å². The predicted octanol–water partition coefficient (Wildman–Crippen LogP) is 10.8. The standard InChI is InChI=1S/C41H23N5O/c1-42-28-20-22-35-32(24-28)31-23-27(19-21-34(31)45(35)29-9-3-2-4-10-29)25-15-17-26(18-16-25)38-40-39(30-11-5-6-12-33(30)43-38)44-41-46(40)36-13-7-8-14-37(36)47-41/h2-24H. The van der Waals surface area contributed by atoms with Crippen LogP contribution in [-0.4, -0.2) is 18.9 Å². The summed E-state index contributed by atoms with van der Waals surface area (Å²) in [7, 11) is 0. The fraction of sp³-hybridized carbons (Fsp3) is 0. The Morgan fingerprint density at radius 3 is 2.13 bits per heavy atom. The Morgan fingerprint density at radius 1 is 0.574 bits per heavy atom. The Balaban J connectivity index is 1.16. The first kappa shape index (κ1) is 25.6. The van der Waals surface area contributed by atoms with Crippen molar-refractivity contribution in [2.24, 2.45) is 0 Å². The molecule has 0 aliphatic carbocycles. The van der Waals surface area contributed by atoms with E-state index in [4.69, 9.17) is 21.0 Å². The van der Waals surface area contributed by atoms with Crippen molar-refractivity contribution in [3.63, 3.8) is 0 Å². The molecule has 10 aromatic rings. The Morgan fingerprint density at radius 2 is 1.28 bits per heavy atom. The monoisotopic (exact) mass is 601 g/mol. The lowest BCUT2D eigenvalue weighted by Crippen LogP contribution is -1.93. The van der Waals surface area contributed by atoms with E-state index in [0.717, 1.165) is 82.9 Å². The van der Waals surface area contributed by atoms with Gasteiger partial charge in [0.05, 0.1) is 34.3 Å². The molecule has 0 aliphatic rings. The first-order valence-corrected chi connectivity index (χ1v) is 15.5. The lowest BCUT2D eigenvalue weighted by Gasteiger charge is -2.09. The Labute approximate surface area is 268 Å². The van der Waals surface area contributed by atoms with E-state index in [1.165, 1.54) is 0 Å². The van der Waals surface area contributed by atoms with Gasteiger partial charge in [-0.3, -0.25) is 4.40 Å². The van der Waals surface area contributed by atoms with Gasteiger partial charge in [-0.15, -0.1) is 0 Å². The van der Waals surface area contributed by atoms with Gasteiger partial charge in [0.15, 0.2) is 11.3 Å². The van der Waals surface area contributed by atoms with Crippen LogP contribution in [0.3, 0.4) is 0 Å². The molecule has 0 N–H and O–H groups in total. The predicted molar refractivity (Wildman–Crippen MR) is 189 cm³/mol. The molecular weight excluding hydrogens is 578 g/mol. The average Bonchev–Trinajstić information content (AvgIpc) is 3.79. The van der Waals surface area contributed by atoms with Crippen LogP contribution in [0.1, 0.15) is 0 Å². The van der Waals surface area contributed by atoms with Crippen molar-refractivity contribution in [2.45, 2.75) is 0 Å². The van der Waals surface area contributed by atoms with E-state index in [2.05, 4.69) is 98.7 Å². The topological polar surface area (TPSA) is 52.6 Å². The molecular formula is C41H23N5O. The normalized spacial score (nSPS) is 11.8. The highest BCUT2D eigenvalue weighted by atomic mass is 16.4. The zero-order valence-corrected chi connectivity index (χ0v) is 24.9. The molecule has 10 rings (SSSR count). The third kappa shape index (κ3) is 3.71. The zero-order chi connectivity index (χ0) is 31.1. The summed E-state index contributed by atoms with van der Waals surface area (Å²) in [6.07, 6.45) is 0. The Bertz CT molecular complexity index is 2900. The summed E-state index contributed by atoms with van der Waals surface area (Å²) in [6.45, 7) is 7.63. The van der Waals surface area contributed by atoms with Gasteiger partial charge in [-0.1, -0.05) is 84.9 Å². The number of pyridine rings is 1. The van der Waals surface area contributed by atoms with Gasteiger partial charge in [-0.2, -0.15) is 4.98 Å². The van der Waals surface area contributed by atoms with E-state index in [-0.39, 0.29) is 0 Å². The van der Waals surface area contributed by atoms with Crippen molar-refractivity contribution in [3.05, 3.63) is 151 Å². The van der Waals surface area contributed by atoms with Crippen molar-refractivity contribution in [1.82, 2.24) is 18.9 Å². The maximum atomic E-state index is 7.63. The lowest BCUT2D eigenvalue weighted by molar-refractivity contribution is 0.643. The van der Waals surface area contributed by atoms with Crippen LogP contribution in [0.5, 0.6) is 0 Å². The van der Waals surface area contributed by atoms with E-state index in [9.17, 15) is 0 Å². The SMILES string of the molecule is [C-]#[N+]c1ccc2c(c1)c1cc(-c3ccc(-c4nc5ccccc5c5nc6oc7ccccc7n6c45)cc3)ccc1n2-c1ccccc1. The molecule has 0 unspecified atom stereocenters. The first-order chi connectivity index (χ1) is 23.2. The average molecular weight is 602 g/mol. The third-order valence-electron chi connectivity index (χ3n) is 9.15. The fourth-order valence-electron chi connectivity index (χ4n) is 7.01. The number of oxazole rings is 1. The first-order valence-electron chi connectivity index (χ1n) is 15.5. The minimum Gasteiger partial charge on any atom is -0.423 e. The number of benzene rings is 6. The molecule has 4 aromatic heterocycles. The molecule has 0 saturated heterocycles. The van der Waals surface area contributed by atoms with Crippen molar-refractivity contribution < 1.29 is 4.42 Å². The van der Waals surface area contributed by atoms with Gasteiger partial charge in [0.1, 0.15) is 11.0 Å². The van der Waals surface area contributed by atoms with E-state index in [1.807, 2.05) is 54.6 Å². The molecule has 6 aromatic carbocycles. The summed E-state index contributed by atoms with van der Waals surface area (Å²) in [5.41, 5.74) is 12.4. The molecule has 6 heteroatoms. The quantitative estimate of drug-likeness (QED) is 0.189. The van der Waals surface area contributed by atoms with Gasteiger partial charge >= 0.3 is 5.84 Å². The summed E-state index contributed by atoms with van der Waals surface area (Å²) in [6, 6.07) is 47.7. The number of nitrogens with zero attached hydrogens (tertiary/aromatic N) is 5. The molecule has 0 saturated carbocycles. The number of hydrogen-bond donors (Lipinski definition) is 0. The largest absolute Gasteiger partial charge is 0.423 e. The number of hydrogen-bond acceptors (Lipinski definition) is 3. The molecule has 6 nitrogen and oxygen atoms in total. The highest BCUT2D eigenvalue weighted by Gasteiger charge is 2.21. The van der Waals surface area contributed by atoms with Gasteiger partial charge in [-0.05, 0) is 71.1 Å². The highest BCUT2D eigenvalue weighted by molar-refractivity contribution is 6.12. The Hall–Kier alpha value is -6.71. The van der Waals surface area contributed by atoms with E-state index < -0.39 is 0 Å². The molecule has 0 bridgehead atoms. The Kier molecular flexibility index (Phi) is 5.25. The van der Waals surface area contributed by atoms with E-state index >= 15 is 0 Å². The minimum absolute atomic E-state index is 0.557. The number of aromatic nitrogens is 4. The molecule has 0 radical (unpaired) electrons. The van der Waals surface area contributed by atoms with Gasteiger partial charge in [0, 0.05) is 22.0 Å². The fourth-order valence-corrected chi connectivity index (χ4v) is 7.01. The van der Waals surface area contributed by atoms with Crippen molar-refractivity contribution in [2.75, 3.05) is 0 Å². The van der Waals surface area contributed by atoms with E-state index in [1.54, 1.807) is 0 Å². The van der Waals surface area contributed by atoms with Gasteiger partial charge in [0.25, 0.3) is 0 Å². The molecule has 218 valence electrons. The van der Waals surface area contributed by atoms with Crippen LogP contribution < -0.4 is 0 Å². The van der Waals surface area contributed by atoms with Crippen LogP contribution in [0.15, 0.2) is 144 Å². The minimum atomic E-state index is 0.557. The number of imidazole rings is 1. The second kappa shape index (κ2) is 9.64. The zero-order valence-electron chi connectivity index (χ0n) is 24.9. The van der Waals surface area contributed by atoms with Crippen LogP contribution in [0.4, 0.5) is 5.69 Å². The van der Waals surface area contributed by atoms with Crippen molar-refractivity contribution >= 4 is 66.4 Å². The maximum absolute atomic E-state index is 7.63. The third-order valence-corrected chi connectivity index (χ3v) is 9.15. The van der Waals surface area contributed by atoms with Crippen LogP contribution in [0.25, 0.3) is 93.6 Å². The summed E-state index contributed by atoms with van der Waals surface area (Å²) < 4.78 is 10.5. The van der Waals surface area contributed by atoms with Gasteiger partial charge < -0.3 is 8.98 Å². The molecule has 0 atom stereocenters. The number of rotatable bonds is 3. The molecule has 0 spiro atoms. The summed E-state index contributed by atoms with van der Waals surface area (Å²) in [4.78, 5) is 13.9. The van der Waals surface area contributed by atoms with Crippen LogP contribution in [0, 0.1) is 6.57 Å². The molecule has 47 heavy (non-hydrogen) atoms. The van der Waals surface area contributed by atoms with Crippen LogP contribution >= 0.6 is 0 Å².